The molecule has 1 aliphatic rings. The van der Waals surface area contributed by atoms with Crippen LogP contribution in [0.15, 0.2) is 18.2 Å². The van der Waals surface area contributed by atoms with Gasteiger partial charge in [-0.1, -0.05) is 13.0 Å². The molecule has 0 aromatic heterocycles. The molecule has 3 heteroatoms. The maximum atomic E-state index is 9.59. The van der Waals surface area contributed by atoms with E-state index in [-0.39, 0.29) is 18.6 Å². The van der Waals surface area contributed by atoms with Gasteiger partial charge in [0.05, 0.1) is 12.6 Å². The number of benzene rings is 1. The number of phenolic OH excluding ortho intramolecular Hbond substituents is 1. The maximum absolute atomic E-state index is 9.59. The molecule has 0 radical (unpaired) electrons. The third kappa shape index (κ3) is 1.16. The molecule has 0 aliphatic carbocycles. The molecule has 1 aliphatic heterocycles. The molecule has 1 aromatic rings. The summed E-state index contributed by atoms with van der Waals surface area (Å²) in [5.41, 5.74) is 1.85. The molecule has 0 fully saturated rings. The standard InChI is InChI=1S/C10H13NO2/c1-6-8(5-12)11-7-3-2-4-9(13)10(6)7/h2-4,6,8,11-13H,5H2,1H3. The number of anilines is 1. The summed E-state index contributed by atoms with van der Waals surface area (Å²) in [5.74, 6) is 0.481. The lowest BCUT2D eigenvalue weighted by atomic mass is 9.97. The molecule has 1 aromatic carbocycles. The van der Waals surface area contributed by atoms with Crippen LogP contribution < -0.4 is 5.32 Å². The fourth-order valence-electron chi connectivity index (χ4n) is 1.89. The molecule has 2 atom stereocenters. The average molecular weight is 179 g/mol. The van der Waals surface area contributed by atoms with Gasteiger partial charge in [-0.2, -0.15) is 0 Å². The van der Waals surface area contributed by atoms with Gasteiger partial charge in [-0.05, 0) is 12.1 Å². The van der Waals surface area contributed by atoms with Crippen molar-refractivity contribution in [1.29, 1.82) is 0 Å². The van der Waals surface area contributed by atoms with E-state index in [1.54, 1.807) is 12.1 Å². The average Bonchev–Trinajstić information content (AvgIpc) is 2.44. The predicted molar refractivity (Wildman–Crippen MR) is 51.0 cm³/mol. The van der Waals surface area contributed by atoms with Gasteiger partial charge < -0.3 is 15.5 Å². The number of fused-ring (bicyclic) bond motifs is 1. The van der Waals surface area contributed by atoms with Crippen molar-refractivity contribution in [2.24, 2.45) is 0 Å². The second kappa shape index (κ2) is 2.92. The van der Waals surface area contributed by atoms with Crippen LogP contribution in [0.4, 0.5) is 5.69 Å². The first-order chi connectivity index (χ1) is 6.24. The van der Waals surface area contributed by atoms with Crippen LogP contribution in [0, 0.1) is 0 Å². The molecule has 0 spiro atoms. The van der Waals surface area contributed by atoms with Crippen molar-refractivity contribution in [2.75, 3.05) is 11.9 Å². The van der Waals surface area contributed by atoms with Gasteiger partial charge in [0, 0.05) is 17.2 Å². The van der Waals surface area contributed by atoms with E-state index in [4.69, 9.17) is 5.11 Å². The van der Waals surface area contributed by atoms with Crippen LogP contribution in [0.1, 0.15) is 18.4 Å². The minimum Gasteiger partial charge on any atom is -0.508 e. The van der Waals surface area contributed by atoms with E-state index in [2.05, 4.69) is 5.32 Å². The van der Waals surface area contributed by atoms with Crippen LogP contribution in [-0.2, 0) is 0 Å². The molecule has 3 N–H and O–H groups in total. The van der Waals surface area contributed by atoms with Gasteiger partial charge in [0.2, 0.25) is 0 Å². The van der Waals surface area contributed by atoms with Gasteiger partial charge >= 0.3 is 0 Å². The Morgan fingerprint density at radius 3 is 2.85 bits per heavy atom. The van der Waals surface area contributed by atoms with E-state index in [1.807, 2.05) is 13.0 Å². The molecule has 3 nitrogen and oxygen atoms in total. The van der Waals surface area contributed by atoms with Crippen LogP contribution in [0.25, 0.3) is 0 Å². The Bertz CT molecular complexity index is 325. The highest BCUT2D eigenvalue weighted by Crippen LogP contribution is 2.40. The molecular weight excluding hydrogens is 166 g/mol. The van der Waals surface area contributed by atoms with E-state index >= 15 is 0 Å². The molecule has 0 saturated heterocycles. The van der Waals surface area contributed by atoms with E-state index < -0.39 is 0 Å². The summed E-state index contributed by atoms with van der Waals surface area (Å²) in [6.07, 6.45) is 0. The number of phenols is 1. The lowest BCUT2D eigenvalue weighted by Crippen LogP contribution is -2.22. The number of hydrogen-bond acceptors (Lipinski definition) is 3. The largest absolute Gasteiger partial charge is 0.508 e. The number of aliphatic hydroxyl groups excluding tert-OH is 1. The van der Waals surface area contributed by atoms with Crippen LogP contribution in [0.3, 0.4) is 0 Å². The smallest absolute Gasteiger partial charge is 0.121 e. The minimum atomic E-state index is 0.0308. The molecule has 0 amide bonds. The molecule has 2 unspecified atom stereocenters. The number of aliphatic hydroxyl groups is 1. The van der Waals surface area contributed by atoms with Gasteiger partial charge in [0.25, 0.3) is 0 Å². The first-order valence-corrected chi connectivity index (χ1v) is 4.43. The Hall–Kier alpha value is -1.22. The Balaban J connectivity index is 2.44. The molecular formula is C10H13NO2. The zero-order valence-electron chi connectivity index (χ0n) is 7.49. The highest BCUT2D eigenvalue weighted by Gasteiger charge is 2.29. The fraction of sp³-hybridized carbons (Fsp3) is 0.400. The van der Waals surface area contributed by atoms with Gasteiger partial charge in [-0.25, -0.2) is 0 Å². The quantitative estimate of drug-likeness (QED) is 0.608. The van der Waals surface area contributed by atoms with Gasteiger partial charge in [-0.3, -0.25) is 0 Å². The molecule has 0 bridgehead atoms. The van der Waals surface area contributed by atoms with E-state index in [0.717, 1.165) is 11.3 Å². The second-order valence-corrected chi connectivity index (χ2v) is 3.46. The normalized spacial score (nSPS) is 25.4. The van der Waals surface area contributed by atoms with E-state index in [1.165, 1.54) is 0 Å². The third-order valence-electron chi connectivity index (χ3n) is 2.68. The Labute approximate surface area is 77.0 Å². The van der Waals surface area contributed by atoms with Crippen LogP contribution >= 0.6 is 0 Å². The topological polar surface area (TPSA) is 52.5 Å². The summed E-state index contributed by atoms with van der Waals surface area (Å²) in [6, 6.07) is 5.43. The first-order valence-electron chi connectivity index (χ1n) is 4.43. The highest BCUT2D eigenvalue weighted by atomic mass is 16.3. The predicted octanol–water partition coefficient (Wildman–Crippen LogP) is 1.28. The monoisotopic (exact) mass is 179 g/mol. The van der Waals surface area contributed by atoms with Crippen molar-refractivity contribution in [1.82, 2.24) is 0 Å². The lowest BCUT2D eigenvalue weighted by Gasteiger charge is -2.12. The van der Waals surface area contributed by atoms with Gasteiger partial charge in [0.1, 0.15) is 5.75 Å². The summed E-state index contributed by atoms with van der Waals surface area (Å²) in [4.78, 5) is 0. The van der Waals surface area contributed by atoms with Crippen molar-refractivity contribution in [3.8, 4) is 5.75 Å². The number of aromatic hydroxyl groups is 1. The maximum Gasteiger partial charge on any atom is 0.121 e. The number of rotatable bonds is 1. The van der Waals surface area contributed by atoms with E-state index in [9.17, 15) is 5.11 Å². The van der Waals surface area contributed by atoms with Crippen molar-refractivity contribution in [3.05, 3.63) is 23.8 Å². The Morgan fingerprint density at radius 1 is 1.46 bits per heavy atom. The number of hydrogen-bond donors (Lipinski definition) is 3. The molecule has 13 heavy (non-hydrogen) atoms. The first kappa shape index (κ1) is 8.38. The summed E-state index contributed by atoms with van der Waals surface area (Å²) in [7, 11) is 0. The summed E-state index contributed by atoms with van der Waals surface area (Å²) < 4.78 is 0. The lowest BCUT2D eigenvalue weighted by molar-refractivity contribution is 0.265. The summed E-state index contributed by atoms with van der Waals surface area (Å²) >= 11 is 0. The third-order valence-corrected chi connectivity index (χ3v) is 2.68. The zero-order chi connectivity index (χ0) is 9.42. The van der Waals surface area contributed by atoms with Crippen molar-refractivity contribution in [2.45, 2.75) is 18.9 Å². The number of nitrogens with one attached hydrogen (secondary N) is 1. The van der Waals surface area contributed by atoms with Gasteiger partial charge in [-0.15, -0.1) is 0 Å². The Kier molecular flexibility index (Phi) is 1.88. The molecule has 2 rings (SSSR count). The van der Waals surface area contributed by atoms with Crippen LogP contribution in [-0.4, -0.2) is 22.9 Å². The van der Waals surface area contributed by atoms with Crippen LogP contribution in [0.2, 0.25) is 0 Å². The molecule has 70 valence electrons. The van der Waals surface area contributed by atoms with Gasteiger partial charge in [0.15, 0.2) is 0 Å². The molecule has 1 heterocycles. The Morgan fingerprint density at radius 2 is 2.23 bits per heavy atom. The second-order valence-electron chi connectivity index (χ2n) is 3.46. The molecule has 0 saturated carbocycles. The fourth-order valence-corrected chi connectivity index (χ4v) is 1.89. The highest BCUT2D eigenvalue weighted by molar-refractivity contribution is 5.64. The van der Waals surface area contributed by atoms with Crippen molar-refractivity contribution < 1.29 is 10.2 Å². The van der Waals surface area contributed by atoms with E-state index in [0.29, 0.717) is 5.75 Å². The SMILES string of the molecule is CC1c2c(O)cccc2NC1CO. The van der Waals surface area contributed by atoms with Crippen molar-refractivity contribution >= 4 is 5.69 Å². The zero-order valence-corrected chi connectivity index (χ0v) is 7.49. The summed E-state index contributed by atoms with van der Waals surface area (Å²) in [5, 5.41) is 21.8. The van der Waals surface area contributed by atoms with Crippen LogP contribution in [0.5, 0.6) is 5.75 Å². The summed E-state index contributed by atoms with van der Waals surface area (Å²) in [6.45, 7) is 2.09. The van der Waals surface area contributed by atoms with Crippen molar-refractivity contribution in [3.63, 3.8) is 0 Å². The minimum absolute atomic E-state index is 0.0308.